The van der Waals surface area contributed by atoms with E-state index in [0.29, 0.717) is 6.07 Å². The molecule has 4 nitrogen and oxygen atoms in total. The van der Waals surface area contributed by atoms with E-state index in [0.717, 1.165) is 7.11 Å². The summed E-state index contributed by atoms with van der Waals surface area (Å²) in [5.74, 6) is -2.94. The first-order valence-corrected chi connectivity index (χ1v) is 4.06. The molecular formula is C8H6F5NO3. The molecule has 0 aliphatic carbocycles. The van der Waals surface area contributed by atoms with Crippen molar-refractivity contribution < 1.29 is 36.5 Å². The van der Waals surface area contributed by atoms with Crippen molar-refractivity contribution in [1.82, 2.24) is 4.98 Å². The van der Waals surface area contributed by atoms with E-state index >= 15 is 0 Å². The van der Waals surface area contributed by atoms with Gasteiger partial charge in [0.2, 0.25) is 0 Å². The predicted molar refractivity (Wildman–Crippen MR) is 44.1 cm³/mol. The van der Waals surface area contributed by atoms with Gasteiger partial charge in [0.05, 0.1) is 7.11 Å². The molecule has 0 unspecified atom stereocenters. The topological polar surface area (TPSA) is 51.6 Å². The number of methoxy groups -OCH3 is 1. The Morgan fingerprint density at radius 3 is 2.35 bits per heavy atom. The van der Waals surface area contributed by atoms with Crippen LogP contribution in [-0.2, 0) is 0 Å². The highest BCUT2D eigenvalue weighted by Crippen LogP contribution is 2.37. The lowest BCUT2D eigenvalue weighted by molar-refractivity contribution is -0.276. The third-order valence-electron chi connectivity index (χ3n) is 1.60. The van der Waals surface area contributed by atoms with Crippen LogP contribution in [0.15, 0.2) is 6.07 Å². The average molecular weight is 259 g/mol. The molecule has 0 spiro atoms. The lowest BCUT2D eigenvalue weighted by atomic mass is 10.3. The summed E-state index contributed by atoms with van der Waals surface area (Å²) in [6.07, 6.45) is -8.31. The van der Waals surface area contributed by atoms with Crippen LogP contribution in [0.3, 0.4) is 0 Å². The number of hydrogen-bond donors (Lipinski definition) is 1. The molecule has 1 aromatic heterocycles. The summed E-state index contributed by atoms with van der Waals surface area (Å²) in [5, 5.41) is 9.08. The Morgan fingerprint density at radius 1 is 1.35 bits per heavy atom. The maximum absolute atomic E-state index is 12.4. The van der Waals surface area contributed by atoms with Crippen LogP contribution in [0.4, 0.5) is 22.0 Å². The first-order valence-electron chi connectivity index (χ1n) is 4.06. The van der Waals surface area contributed by atoms with Gasteiger partial charge in [-0.15, -0.1) is 13.2 Å². The van der Waals surface area contributed by atoms with Gasteiger partial charge in [0.15, 0.2) is 11.4 Å². The Bertz CT molecular complexity index is 407. The number of ether oxygens (including phenoxy) is 2. The summed E-state index contributed by atoms with van der Waals surface area (Å²) in [7, 11) is 1.01. The minimum atomic E-state index is -5.14. The number of pyridine rings is 1. The number of aromatic nitrogens is 1. The largest absolute Gasteiger partial charge is 0.574 e. The molecule has 9 heteroatoms. The van der Waals surface area contributed by atoms with Crippen LogP contribution in [0.1, 0.15) is 12.1 Å². The van der Waals surface area contributed by atoms with Crippen LogP contribution in [-0.4, -0.2) is 23.6 Å². The van der Waals surface area contributed by atoms with E-state index < -0.39 is 35.9 Å². The third-order valence-corrected chi connectivity index (χ3v) is 1.60. The van der Waals surface area contributed by atoms with Crippen molar-refractivity contribution in [3.8, 4) is 17.4 Å². The monoisotopic (exact) mass is 259 g/mol. The van der Waals surface area contributed by atoms with Gasteiger partial charge in [-0.25, -0.2) is 13.8 Å². The smallest absolute Gasteiger partial charge is 0.503 e. The molecule has 0 bridgehead atoms. The van der Waals surface area contributed by atoms with Gasteiger partial charge in [-0.3, -0.25) is 0 Å². The van der Waals surface area contributed by atoms with Crippen LogP contribution in [0, 0.1) is 0 Å². The molecule has 0 atom stereocenters. The molecule has 96 valence electrons. The van der Waals surface area contributed by atoms with Crippen LogP contribution < -0.4 is 9.47 Å². The molecule has 0 fully saturated rings. The van der Waals surface area contributed by atoms with Crippen LogP contribution in [0.5, 0.6) is 17.4 Å². The molecule has 0 saturated heterocycles. The van der Waals surface area contributed by atoms with E-state index in [2.05, 4.69) is 14.5 Å². The van der Waals surface area contributed by atoms with Gasteiger partial charge in [0.25, 0.3) is 12.3 Å². The van der Waals surface area contributed by atoms with Crippen molar-refractivity contribution >= 4 is 0 Å². The zero-order valence-corrected chi connectivity index (χ0v) is 8.26. The minimum Gasteiger partial charge on any atom is -0.503 e. The maximum Gasteiger partial charge on any atom is 0.574 e. The SMILES string of the molecule is COc1cc(O)c(OC(F)(F)F)nc1C(F)F. The Morgan fingerprint density at radius 2 is 1.94 bits per heavy atom. The molecule has 17 heavy (non-hydrogen) atoms. The Kier molecular flexibility index (Phi) is 3.59. The molecule has 0 aromatic carbocycles. The molecule has 0 radical (unpaired) electrons. The fourth-order valence-corrected chi connectivity index (χ4v) is 0.986. The fraction of sp³-hybridized carbons (Fsp3) is 0.375. The summed E-state index contributed by atoms with van der Waals surface area (Å²) in [4.78, 5) is 2.86. The van der Waals surface area contributed by atoms with E-state index in [1.807, 2.05) is 0 Å². The third kappa shape index (κ3) is 3.33. The van der Waals surface area contributed by atoms with Crippen molar-refractivity contribution in [2.75, 3.05) is 7.11 Å². The lowest BCUT2D eigenvalue weighted by Crippen LogP contribution is -2.18. The summed E-state index contributed by atoms with van der Waals surface area (Å²) in [6, 6.07) is 0.565. The molecule has 0 amide bonds. The number of halogens is 5. The predicted octanol–water partition coefficient (Wildman–Crippen LogP) is 2.63. The summed E-state index contributed by atoms with van der Waals surface area (Å²) < 4.78 is 68.0. The van der Waals surface area contributed by atoms with Gasteiger partial charge in [0.1, 0.15) is 5.75 Å². The Labute approximate surface area is 91.6 Å². The van der Waals surface area contributed by atoms with Crippen molar-refractivity contribution in [2.24, 2.45) is 0 Å². The summed E-state index contributed by atoms with van der Waals surface area (Å²) in [5.41, 5.74) is -1.05. The normalized spacial score (nSPS) is 11.7. The van der Waals surface area contributed by atoms with Crippen LogP contribution >= 0.6 is 0 Å². The number of alkyl halides is 5. The molecule has 1 N–H and O–H groups in total. The first-order chi connectivity index (χ1) is 7.74. The number of aromatic hydroxyl groups is 1. The molecule has 1 heterocycles. The van der Waals surface area contributed by atoms with Crippen molar-refractivity contribution in [1.29, 1.82) is 0 Å². The first kappa shape index (κ1) is 13.3. The second-order valence-electron chi connectivity index (χ2n) is 2.75. The summed E-state index contributed by atoms with van der Waals surface area (Å²) >= 11 is 0. The Balaban J connectivity index is 3.20. The van der Waals surface area contributed by atoms with Gasteiger partial charge in [-0.2, -0.15) is 0 Å². The highest BCUT2D eigenvalue weighted by molar-refractivity contribution is 5.43. The van der Waals surface area contributed by atoms with E-state index in [-0.39, 0.29) is 0 Å². The van der Waals surface area contributed by atoms with Gasteiger partial charge >= 0.3 is 6.36 Å². The lowest BCUT2D eigenvalue weighted by Gasteiger charge is -2.12. The fourth-order valence-electron chi connectivity index (χ4n) is 0.986. The molecule has 1 rings (SSSR count). The van der Waals surface area contributed by atoms with Gasteiger partial charge in [0, 0.05) is 6.07 Å². The van der Waals surface area contributed by atoms with Gasteiger partial charge in [-0.1, -0.05) is 0 Å². The molecule has 0 aliphatic rings. The zero-order valence-electron chi connectivity index (χ0n) is 8.26. The second kappa shape index (κ2) is 4.60. The number of hydrogen-bond acceptors (Lipinski definition) is 4. The van der Waals surface area contributed by atoms with Gasteiger partial charge in [-0.05, 0) is 0 Å². The van der Waals surface area contributed by atoms with E-state index in [4.69, 9.17) is 5.11 Å². The quantitative estimate of drug-likeness (QED) is 0.848. The maximum atomic E-state index is 12.4. The Hall–Kier alpha value is -1.80. The van der Waals surface area contributed by atoms with Crippen LogP contribution in [0.2, 0.25) is 0 Å². The highest BCUT2D eigenvalue weighted by atomic mass is 19.4. The minimum absolute atomic E-state index is 0.535. The van der Waals surface area contributed by atoms with Crippen LogP contribution in [0.25, 0.3) is 0 Å². The number of rotatable bonds is 3. The van der Waals surface area contributed by atoms with Crippen molar-refractivity contribution in [3.63, 3.8) is 0 Å². The summed E-state index contributed by atoms with van der Waals surface area (Å²) in [6.45, 7) is 0. The number of nitrogens with zero attached hydrogens (tertiary/aromatic N) is 1. The molecule has 0 saturated carbocycles. The van der Waals surface area contributed by atoms with E-state index in [1.54, 1.807) is 0 Å². The van der Waals surface area contributed by atoms with E-state index in [9.17, 15) is 22.0 Å². The standard InChI is InChI=1S/C8H6F5NO3/c1-16-4-2-3(15)7(17-8(11,12)13)14-5(4)6(9)10/h2,6,15H,1H3. The molecule has 0 aliphatic heterocycles. The second-order valence-corrected chi connectivity index (χ2v) is 2.75. The molecule has 1 aromatic rings. The zero-order chi connectivity index (χ0) is 13.2. The average Bonchev–Trinajstić information content (AvgIpc) is 2.18. The highest BCUT2D eigenvalue weighted by Gasteiger charge is 2.34. The van der Waals surface area contributed by atoms with Gasteiger partial charge < -0.3 is 14.6 Å². The molecular weight excluding hydrogens is 253 g/mol. The van der Waals surface area contributed by atoms with E-state index in [1.165, 1.54) is 0 Å². The van der Waals surface area contributed by atoms with Crippen molar-refractivity contribution in [3.05, 3.63) is 11.8 Å². The van der Waals surface area contributed by atoms with Crippen molar-refractivity contribution in [2.45, 2.75) is 12.8 Å².